The SMILES string of the molecule is Cc1cc(C)cc(Oc2cnn(-c3ccccc3)c(=O)c2Nc2cccc(C(=O)N3CCOCC3)c2)c1. The van der Waals surface area contributed by atoms with Crippen LogP contribution < -0.4 is 15.6 Å². The zero-order chi connectivity index (χ0) is 25.8. The predicted octanol–water partition coefficient (Wildman–Crippen LogP) is 4.86. The van der Waals surface area contributed by atoms with Crippen molar-refractivity contribution < 1.29 is 14.3 Å². The first-order chi connectivity index (χ1) is 18.0. The van der Waals surface area contributed by atoms with Crippen molar-refractivity contribution in [3.05, 3.63) is 106 Å². The lowest BCUT2D eigenvalue weighted by molar-refractivity contribution is 0.0303. The van der Waals surface area contributed by atoms with Gasteiger partial charge in [-0.05, 0) is 67.4 Å². The van der Waals surface area contributed by atoms with Gasteiger partial charge in [0.15, 0.2) is 11.4 Å². The number of benzene rings is 3. The van der Waals surface area contributed by atoms with E-state index in [1.807, 2.05) is 62.4 Å². The van der Waals surface area contributed by atoms with Gasteiger partial charge in [-0.3, -0.25) is 9.59 Å². The van der Waals surface area contributed by atoms with Gasteiger partial charge < -0.3 is 19.7 Å². The third-order valence-electron chi connectivity index (χ3n) is 6.04. The predicted molar refractivity (Wildman–Crippen MR) is 142 cm³/mol. The van der Waals surface area contributed by atoms with Crippen LogP contribution in [0.5, 0.6) is 11.5 Å². The molecule has 1 saturated heterocycles. The maximum atomic E-state index is 13.7. The Hall–Kier alpha value is -4.43. The molecule has 3 aromatic carbocycles. The zero-order valence-corrected chi connectivity index (χ0v) is 20.8. The summed E-state index contributed by atoms with van der Waals surface area (Å²) in [7, 11) is 0. The van der Waals surface area contributed by atoms with E-state index >= 15 is 0 Å². The largest absolute Gasteiger partial charge is 0.453 e. The topological polar surface area (TPSA) is 85.7 Å². The van der Waals surface area contributed by atoms with E-state index in [0.717, 1.165) is 11.1 Å². The number of ether oxygens (including phenoxy) is 2. The first-order valence-corrected chi connectivity index (χ1v) is 12.2. The van der Waals surface area contributed by atoms with Crippen LogP contribution in [0.25, 0.3) is 5.69 Å². The van der Waals surface area contributed by atoms with Crippen molar-refractivity contribution >= 4 is 17.3 Å². The molecule has 1 aliphatic heterocycles. The second kappa shape index (κ2) is 10.7. The summed E-state index contributed by atoms with van der Waals surface area (Å²) in [6, 6.07) is 22.2. The zero-order valence-electron chi connectivity index (χ0n) is 20.8. The maximum absolute atomic E-state index is 13.7. The molecule has 8 nitrogen and oxygen atoms in total. The quantitative estimate of drug-likeness (QED) is 0.410. The van der Waals surface area contributed by atoms with Crippen molar-refractivity contribution in [3.63, 3.8) is 0 Å². The minimum atomic E-state index is -0.377. The van der Waals surface area contributed by atoms with Gasteiger partial charge in [0.2, 0.25) is 0 Å². The van der Waals surface area contributed by atoms with Gasteiger partial charge in [-0.2, -0.15) is 9.78 Å². The summed E-state index contributed by atoms with van der Waals surface area (Å²) < 4.78 is 12.8. The number of rotatable bonds is 6. The Morgan fingerprint density at radius 3 is 2.41 bits per heavy atom. The molecule has 1 amide bonds. The number of nitrogens with one attached hydrogen (secondary N) is 1. The lowest BCUT2D eigenvalue weighted by atomic mass is 10.1. The second-order valence-corrected chi connectivity index (χ2v) is 8.97. The monoisotopic (exact) mass is 496 g/mol. The summed E-state index contributed by atoms with van der Waals surface area (Å²) in [6.45, 7) is 6.13. The molecule has 0 spiro atoms. The lowest BCUT2D eigenvalue weighted by Crippen LogP contribution is -2.40. The molecule has 1 aromatic heterocycles. The summed E-state index contributed by atoms with van der Waals surface area (Å²) >= 11 is 0. The summed E-state index contributed by atoms with van der Waals surface area (Å²) in [5.41, 5.74) is 3.68. The van der Waals surface area contributed by atoms with Crippen LogP contribution in [-0.2, 0) is 4.74 Å². The molecule has 2 heterocycles. The molecule has 1 fully saturated rings. The minimum absolute atomic E-state index is 0.0740. The summed E-state index contributed by atoms with van der Waals surface area (Å²) in [5, 5.41) is 7.57. The number of amides is 1. The molecule has 8 heteroatoms. The average Bonchev–Trinajstić information content (AvgIpc) is 2.91. The second-order valence-electron chi connectivity index (χ2n) is 8.97. The molecule has 0 bridgehead atoms. The highest BCUT2D eigenvalue weighted by atomic mass is 16.5. The van der Waals surface area contributed by atoms with Gasteiger partial charge in [0.1, 0.15) is 5.75 Å². The Kier molecular flexibility index (Phi) is 7.00. The number of nitrogens with zero attached hydrogens (tertiary/aromatic N) is 3. The number of hydrogen-bond donors (Lipinski definition) is 1. The number of carbonyl (C=O) groups excluding carboxylic acids is 1. The molecule has 0 radical (unpaired) electrons. The van der Waals surface area contributed by atoms with E-state index in [1.54, 1.807) is 23.1 Å². The van der Waals surface area contributed by atoms with Crippen LogP contribution in [0.1, 0.15) is 21.5 Å². The van der Waals surface area contributed by atoms with Crippen molar-refractivity contribution in [1.82, 2.24) is 14.7 Å². The Bertz CT molecular complexity index is 1460. The van der Waals surface area contributed by atoms with Crippen molar-refractivity contribution in [2.45, 2.75) is 13.8 Å². The minimum Gasteiger partial charge on any atom is -0.453 e. The molecule has 5 rings (SSSR count). The van der Waals surface area contributed by atoms with E-state index < -0.39 is 0 Å². The Balaban J connectivity index is 1.53. The molecule has 0 saturated carbocycles. The summed E-state index contributed by atoms with van der Waals surface area (Å²) in [5.74, 6) is 0.817. The van der Waals surface area contributed by atoms with Crippen molar-refractivity contribution in [2.24, 2.45) is 0 Å². The van der Waals surface area contributed by atoms with Crippen LogP contribution in [0.15, 0.2) is 83.8 Å². The highest BCUT2D eigenvalue weighted by molar-refractivity contribution is 5.95. The first kappa shape index (κ1) is 24.3. The van der Waals surface area contributed by atoms with E-state index in [-0.39, 0.29) is 22.9 Å². The number of anilines is 2. The van der Waals surface area contributed by atoms with Gasteiger partial charge >= 0.3 is 0 Å². The van der Waals surface area contributed by atoms with Gasteiger partial charge in [0.25, 0.3) is 11.5 Å². The Morgan fingerprint density at radius 2 is 1.68 bits per heavy atom. The molecular weight excluding hydrogens is 468 g/mol. The van der Waals surface area contributed by atoms with Crippen LogP contribution in [0, 0.1) is 13.8 Å². The van der Waals surface area contributed by atoms with E-state index in [9.17, 15) is 9.59 Å². The normalized spacial score (nSPS) is 13.3. The molecule has 37 heavy (non-hydrogen) atoms. The molecule has 0 aliphatic carbocycles. The smallest absolute Gasteiger partial charge is 0.299 e. The number of hydrogen-bond acceptors (Lipinski definition) is 6. The van der Waals surface area contributed by atoms with Gasteiger partial charge in [0, 0.05) is 24.3 Å². The van der Waals surface area contributed by atoms with Crippen LogP contribution in [0.2, 0.25) is 0 Å². The van der Waals surface area contributed by atoms with Gasteiger partial charge in [-0.1, -0.05) is 30.3 Å². The molecule has 188 valence electrons. The molecule has 4 aromatic rings. The average molecular weight is 497 g/mol. The number of aromatic nitrogens is 2. The van der Waals surface area contributed by atoms with Crippen molar-refractivity contribution in [3.8, 4) is 17.2 Å². The Labute approximate surface area is 215 Å². The van der Waals surface area contributed by atoms with Crippen molar-refractivity contribution in [1.29, 1.82) is 0 Å². The highest BCUT2D eigenvalue weighted by Gasteiger charge is 2.20. The molecule has 1 N–H and O–H groups in total. The van der Waals surface area contributed by atoms with Gasteiger partial charge in [-0.25, -0.2) is 0 Å². The molecule has 0 atom stereocenters. The number of morpholine rings is 1. The lowest BCUT2D eigenvalue weighted by Gasteiger charge is -2.27. The van der Waals surface area contributed by atoms with Gasteiger partial charge in [0.05, 0.1) is 25.1 Å². The van der Waals surface area contributed by atoms with E-state index in [2.05, 4.69) is 16.5 Å². The molecule has 0 unspecified atom stereocenters. The molecular formula is C29H28N4O4. The standard InChI is InChI=1S/C29H28N4O4/c1-20-15-21(2)17-25(16-20)37-26-19-30-33(24-9-4-3-5-10-24)29(35)27(26)31-23-8-6-7-22(18-23)28(34)32-11-13-36-14-12-32/h3-10,15-19,31H,11-14H2,1-2H3. The molecule has 1 aliphatic rings. The van der Waals surface area contributed by atoms with E-state index in [0.29, 0.717) is 49.0 Å². The van der Waals surface area contributed by atoms with Crippen LogP contribution in [0.4, 0.5) is 11.4 Å². The fourth-order valence-corrected chi connectivity index (χ4v) is 4.33. The first-order valence-electron chi connectivity index (χ1n) is 12.2. The third-order valence-corrected chi connectivity index (χ3v) is 6.04. The number of para-hydroxylation sites is 1. The maximum Gasteiger partial charge on any atom is 0.299 e. The highest BCUT2D eigenvalue weighted by Crippen LogP contribution is 2.30. The fourth-order valence-electron chi connectivity index (χ4n) is 4.33. The van der Waals surface area contributed by atoms with E-state index in [4.69, 9.17) is 9.47 Å². The number of aryl methyl sites for hydroxylation is 2. The van der Waals surface area contributed by atoms with Crippen LogP contribution in [-0.4, -0.2) is 46.9 Å². The summed E-state index contributed by atoms with van der Waals surface area (Å²) in [4.78, 5) is 28.4. The number of carbonyl (C=O) groups is 1. The van der Waals surface area contributed by atoms with Gasteiger partial charge in [-0.15, -0.1) is 0 Å². The fraction of sp³-hybridized carbons (Fsp3) is 0.207. The summed E-state index contributed by atoms with van der Waals surface area (Å²) in [6.07, 6.45) is 1.52. The van der Waals surface area contributed by atoms with E-state index in [1.165, 1.54) is 10.9 Å². The van der Waals surface area contributed by atoms with Crippen LogP contribution in [0.3, 0.4) is 0 Å². The van der Waals surface area contributed by atoms with Crippen molar-refractivity contribution in [2.75, 3.05) is 31.6 Å². The Morgan fingerprint density at radius 1 is 0.946 bits per heavy atom. The third kappa shape index (κ3) is 5.54. The van der Waals surface area contributed by atoms with Crippen LogP contribution >= 0.6 is 0 Å².